The summed E-state index contributed by atoms with van der Waals surface area (Å²) in [6.45, 7) is 5.99. The largest absolute Gasteiger partial charge is 0.477 e. The SMILES string of the molecule is CCc1cc(C(=O)O)c(=O)[nH]c1-c1ccc(N2C[C@H]3CCC[C@@H](N(Cc4ccccc4)Cc4ccccc4)[C@H]3C2)cc1. The molecule has 0 radical (unpaired) electrons. The van der Waals surface area contributed by atoms with Crippen LogP contribution in [0.4, 0.5) is 5.69 Å². The number of benzene rings is 3. The number of nitrogens with one attached hydrogen (secondary N) is 1. The average Bonchev–Trinajstić information content (AvgIpc) is 3.46. The van der Waals surface area contributed by atoms with Crippen molar-refractivity contribution >= 4 is 11.7 Å². The fourth-order valence-electron chi connectivity index (χ4n) is 7.14. The van der Waals surface area contributed by atoms with Crippen LogP contribution in [0.25, 0.3) is 11.3 Å². The van der Waals surface area contributed by atoms with E-state index in [9.17, 15) is 14.7 Å². The van der Waals surface area contributed by atoms with Gasteiger partial charge in [-0.15, -0.1) is 0 Å². The standard InChI is InChI=1S/C36H39N3O3/c1-2-27-20-31(36(41)42)35(40)37-34(27)28-16-18-30(19-17-28)38-23-29-14-9-15-33(32(29)24-38)39(21-25-10-5-3-6-11-25)22-26-12-7-4-8-13-26/h3-8,10-13,16-20,29,32-33H,2,9,14-15,21-24H2,1H3,(H,37,40)(H,41,42)/t29-,32+,33-/m1/s1. The van der Waals surface area contributed by atoms with Crippen molar-refractivity contribution in [2.45, 2.75) is 51.7 Å². The number of aromatic carboxylic acids is 1. The molecular formula is C36H39N3O3. The number of anilines is 1. The molecular weight excluding hydrogens is 522 g/mol. The molecule has 0 spiro atoms. The summed E-state index contributed by atoms with van der Waals surface area (Å²) in [6.07, 6.45) is 4.40. The third kappa shape index (κ3) is 5.90. The second kappa shape index (κ2) is 12.4. The summed E-state index contributed by atoms with van der Waals surface area (Å²) in [6, 6.07) is 32.1. The van der Waals surface area contributed by atoms with E-state index in [4.69, 9.17) is 0 Å². The van der Waals surface area contributed by atoms with E-state index >= 15 is 0 Å². The van der Waals surface area contributed by atoms with Gasteiger partial charge in [-0.1, -0.05) is 86.1 Å². The summed E-state index contributed by atoms with van der Waals surface area (Å²) < 4.78 is 0. The van der Waals surface area contributed by atoms with Gasteiger partial charge in [0.15, 0.2) is 0 Å². The van der Waals surface area contributed by atoms with Crippen molar-refractivity contribution < 1.29 is 9.90 Å². The zero-order valence-corrected chi connectivity index (χ0v) is 24.2. The lowest BCUT2D eigenvalue weighted by Crippen LogP contribution is -2.45. The number of H-pyrrole nitrogens is 1. The first-order valence-corrected chi connectivity index (χ1v) is 15.2. The van der Waals surface area contributed by atoms with Gasteiger partial charge in [0.1, 0.15) is 5.56 Å². The second-order valence-corrected chi connectivity index (χ2v) is 11.8. The number of rotatable bonds is 9. The normalized spacial score (nSPS) is 20.0. The fraction of sp³-hybridized carbons (Fsp3) is 0.333. The first-order chi connectivity index (χ1) is 20.5. The predicted octanol–water partition coefficient (Wildman–Crippen LogP) is 6.61. The van der Waals surface area contributed by atoms with Crippen LogP contribution in [-0.2, 0) is 19.5 Å². The highest BCUT2D eigenvalue weighted by Crippen LogP contribution is 2.41. The predicted molar refractivity (Wildman–Crippen MR) is 168 cm³/mol. The van der Waals surface area contributed by atoms with E-state index in [1.54, 1.807) is 0 Å². The monoisotopic (exact) mass is 561 g/mol. The molecule has 1 aromatic heterocycles. The summed E-state index contributed by atoms with van der Waals surface area (Å²) in [5.41, 5.74) is 5.57. The van der Waals surface area contributed by atoms with Crippen LogP contribution in [-0.4, -0.2) is 40.1 Å². The zero-order chi connectivity index (χ0) is 29.1. The van der Waals surface area contributed by atoms with Gasteiger partial charge in [-0.2, -0.15) is 0 Å². The quantitative estimate of drug-likeness (QED) is 0.241. The molecule has 6 rings (SSSR count). The number of aromatic amines is 1. The molecule has 6 heteroatoms. The molecule has 3 atom stereocenters. The number of pyridine rings is 1. The lowest BCUT2D eigenvalue weighted by atomic mass is 9.77. The number of aromatic nitrogens is 1. The minimum Gasteiger partial charge on any atom is -0.477 e. The number of carboxylic acids is 1. The molecule has 6 nitrogen and oxygen atoms in total. The third-order valence-corrected chi connectivity index (χ3v) is 9.24. The molecule has 2 aliphatic rings. The second-order valence-electron chi connectivity index (χ2n) is 11.8. The van der Waals surface area contributed by atoms with Gasteiger partial charge < -0.3 is 15.0 Å². The van der Waals surface area contributed by atoms with Gasteiger partial charge in [0, 0.05) is 37.9 Å². The molecule has 0 unspecified atom stereocenters. The Morgan fingerprint density at radius 2 is 1.55 bits per heavy atom. The molecule has 2 N–H and O–H groups in total. The van der Waals surface area contributed by atoms with Gasteiger partial charge in [-0.05, 0) is 71.6 Å². The van der Waals surface area contributed by atoms with Gasteiger partial charge in [-0.25, -0.2) is 4.79 Å². The summed E-state index contributed by atoms with van der Waals surface area (Å²) in [7, 11) is 0. The first kappa shape index (κ1) is 28.0. The van der Waals surface area contributed by atoms with E-state index in [1.807, 2.05) is 6.92 Å². The molecule has 4 aromatic rings. The summed E-state index contributed by atoms with van der Waals surface area (Å²) in [4.78, 5) is 32.0. The Balaban J connectivity index is 1.22. The zero-order valence-electron chi connectivity index (χ0n) is 24.2. The Hall–Kier alpha value is -4.16. The maximum atomic E-state index is 12.4. The van der Waals surface area contributed by atoms with E-state index in [-0.39, 0.29) is 5.56 Å². The third-order valence-electron chi connectivity index (χ3n) is 9.24. The highest BCUT2D eigenvalue weighted by atomic mass is 16.4. The van der Waals surface area contributed by atoms with Crippen molar-refractivity contribution in [1.29, 1.82) is 0 Å². The summed E-state index contributed by atoms with van der Waals surface area (Å²) in [5, 5.41) is 9.36. The molecule has 2 heterocycles. The Morgan fingerprint density at radius 3 is 2.14 bits per heavy atom. The Labute approximate surface area is 247 Å². The molecule has 1 aliphatic carbocycles. The van der Waals surface area contributed by atoms with Crippen LogP contribution in [0.5, 0.6) is 0 Å². The Kier molecular flexibility index (Phi) is 8.24. The molecule has 3 aromatic carbocycles. The number of carbonyl (C=O) groups is 1. The van der Waals surface area contributed by atoms with Crippen LogP contribution < -0.4 is 10.5 Å². The van der Waals surface area contributed by atoms with Crippen molar-refractivity contribution in [2.75, 3.05) is 18.0 Å². The minimum absolute atomic E-state index is 0.213. The fourth-order valence-corrected chi connectivity index (χ4v) is 7.14. The molecule has 0 amide bonds. The van der Waals surface area contributed by atoms with Gasteiger partial charge in [-0.3, -0.25) is 9.69 Å². The van der Waals surface area contributed by atoms with Crippen LogP contribution in [0.15, 0.2) is 95.8 Å². The van der Waals surface area contributed by atoms with Crippen LogP contribution in [0, 0.1) is 11.8 Å². The van der Waals surface area contributed by atoms with E-state index in [1.165, 1.54) is 42.1 Å². The molecule has 2 fully saturated rings. The molecule has 1 saturated carbocycles. The van der Waals surface area contributed by atoms with E-state index < -0.39 is 11.5 Å². The van der Waals surface area contributed by atoms with Crippen LogP contribution in [0.3, 0.4) is 0 Å². The molecule has 1 aliphatic heterocycles. The maximum absolute atomic E-state index is 12.4. The van der Waals surface area contributed by atoms with Crippen LogP contribution >= 0.6 is 0 Å². The smallest absolute Gasteiger partial charge is 0.341 e. The van der Waals surface area contributed by atoms with E-state index in [0.29, 0.717) is 30.0 Å². The highest BCUT2D eigenvalue weighted by Gasteiger charge is 2.42. The van der Waals surface area contributed by atoms with E-state index in [0.717, 1.165) is 37.3 Å². The van der Waals surface area contributed by atoms with E-state index in [2.05, 4.69) is 99.7 Å². The van der Waals surface area contributed by atoms with Gasteiger partial charge >= 0.3 is 5.97 Å². The molecule has 1 saturated heterocycles. The maximum Gasteiger partial charge on any atom is 0.341 e. The lowest BCUT2D eigenvalue weighted by molar-refractivity contribution is 0.0695. The Morgan fingerprint density at radius 1 is 0.905 bits per heavy atom. The topological polar surface area (TPSA) is 76.6 Å². The van der Waals surface area contributed by atoms with Crippen molar-refractivity contribution in [3.05, 3.63) is 124 Å². The lowest BCUT2D eigenvalue weighted by Gasteiger charge is -2.41. The first-order valence-electron chi connectivity index (χ1n) is 15.2. The highest BCUT2D eigenvalue weighted by molar-refractivity contribution is 5.88. The number of nitrogens with zero attached hydrogens (tertiary/aromatic N) is 2. The van der Waals surface area contributed by atoms with Crippen molar-refractivity contribution in [3.63, 3.8) is 0 Å². The van der Waals surface area contributed by atoms with Crippen molar-refractivity contribution in [3.8, 4) is 11.3 Å². The summed E-state index contributed by atoms with van der Waals surface area (Å²) >= 11 is 0. The molecule has 216 valence electrons. The van der Waals surface area contributed by atoms with Crippen molar-refractivity contribution in [2.24, 2.45) is 11.8 Å². The van der Waals surface area contributed by atoms with Gasteiger partial charge in [0.25, 0.3) is 5.56 Å². The van der Waals surface area contributed by atoms with Crippen LogP contribution in [0.1, 0.15) is 53.2 Å². The number of aryl methyl sites for hydroxylation is 1. The average molecular weight is 562 g/mol. The number of carboxylic acid groups (broad SMARTS) is 1. The van der Waals surface area contributed by atoms with Crippen molar-refractivity contribution in [1.82, 2.24) is 9.88 Å². The van der Waals surface area contributed by atoms with Crippen LogP contribution in [0.2, 0.25) is 0 Å². The minimum atomic E-state index is -1.20. The number of hydrogen-bond donors (Lipinski definition) is 2. The Bertz CT molecular complexity index is 1530. The molecule has 0 bridgehead atoms. The number of fused-ring (bicyclic) bond motifs is 1. The summed E-state index contributed by atoms with van der Waals surface area (Å²) in [5.74, 6) is 0.0781. The van der Waals surface area contributed by atoms with Gasteiger partial charge in [0.05, 0.1) is 5.69 Å². The van der Waals surface area contributed by atoms with Gasteiger partial charge in [0.2, 0.25) is 0 Å². The number of hydrogen-bond acceptors (Lipinski definition) is 4. The molecule has 42 heavy (non-hydrogen) atoms.